The first-order valence-corrected chi connectivity index (χ1v) is 14.0. The highest BCUT2D eigenvalue weighted by Gasteiger charge is 2.30. The van der Waals surface area contributed by atoms with Crippen LogP contribution in [0.5, 0.6) is 0 Å². The summed E-state index contributed by atoms with van der Waals surface area (Å²) in [6.07, 6.45) is 0. The molecule has 7 nitrogen and oxygen atoms in total. The van der Waals surface area contributed by atoms with Gasteiger partial charge in [-0.15, -0.1) is 0 Å². The van der Waals surface area contributed by atoms with Gasteiger partial charge in [0.25, 0.3) is 11.8 Å². The SMILES string of the molecule is CCN1C(=O)c2cccc3c(NC(=O)c4ccc(S(=O)(=O)N(Cc5ccccc5)C(C)C)cc4)ccc1c23. The predicted molar refractivity (Wildman–Crippen MR) is 150 cm³/mol. The summed E-state index contributed by atoms with van der Waals surface area (Å²) >= 11 is 0. The van der Waals surface area contributed by atoms with E-state index in [0.29, 0.717) is 23.4 Å². The largest absolute Gasteiger partial charge is 0.321 e. The molecule has 5 rings (SSSR count). The minimum atomic E-state index is -3.78. The number of carbonyl (C=O) groups excluding carboxylic acids is 2. The lowest BCUT2D eigenvalue weighted by molar-refractivity contribution is 0.0992. The molecule has 0 saturated carbocycles. The zero-order valence-electron chi connectivity index (χ0n) is 21.5. The standard InChI is InChI=1S/C30H29N3O4S/c1-4-32-27-18-17-26(24-11-8-12-25(28(24)27)30(32)35)31-29(34)22-13-15-23(16-14-22)38(36,37)33(20(2)3)19-21-9-6-5-7-10-21/h5-18,20H,4,19H2,1-3H3,(H,31,34). The molecule has 8 heteroatoms. The summed E-state index contributed by atoms with van der Waals surface area (Å²) < 4.78 is 28.3. The molecule has 0 unspecified atom stereocenters. The maximum absolute atomic E-state index is 13.4. The fourth-order valence-corrected chi connectivity index (χ4v) is 6.51. The monoisotopic (exact) mass is 527 g/mol. The summed E-state index contributed by atoms with van der Waals surface area (Å²) in [7, 11) is -3.78. The number of anilines is 2. The van der Waals surface area contributed by atoms with E-state index in [2.05, 4.69) is 5.32 Å². The highest BCUT2D eigenvalue weighted by atomic mass is 32.2. The topological polar surface area (TPSA) is 86.8 Å². The van der Waals surface area contributed by atoms with Gasteiger partial charge >= 0.3 is 0 Å². The molecule has 0 atom stereocenters. The summed E-state index contributed by atoms with van der Waals surface area (Å²) in [6.45, 7) is 6.42. The fourth-order valence-electron chi connectivity index (χ4n) is 4.89. The van der Waals surface area contributed by atoms with Gasteiger partial charge in [-0.1, -0.05) is 42.5 Å². The van der Waals surface area contributed by atoms with Crippen LogP contribution in [0, 0.1) is 0 Å². The molecular formula is C30H29N3O4S. The van der Waals surface area contributed by atoms with Crippen LogP contribution in [0.3, 0.4) is 0 Å². The van der Waals surface area contributed by atoms with Gasteiger partial charge in [-0.3, -0.25) is 9.59 Å². The molecule has 1 heterocycles. The highest BCUT2D eigenvalue weighted by molar-refractivity contribution is 7.89. The molecule has 38 heavy (non-hydrogen) atoms. The normalized spacial score (nSPS) is 13.1. The van der Waals surface area contributed by atoms with Crippen LogP contribution in [0.25, 0.3) is 10.8 Å². The average Bonchev–Trinajstić information content (AvgIpc) is 3.21. The van der Waals surface area contributed by atoms with Crippen LogP contribution in [0.2, 0.25) is 0 Å². The molecule has 1 aliphatic rings. The quantitative estimate of drug-likeness (QED) is 0.320. The second-order valence-corrected chi connectivity index (χ2v) is 11.4. The van der Waals surface area contributed by atoms with Gasteiger partial charge in [0.15, 0.2) is 0 Å². The van der Waals surface area contributed by atoms with Crippen molar-refractivity contribution in [3.63, 3.8) is 0 Å². The first-order chi connectivity index (χ1) is 18.2. The van der Waals surface area contributed by atoms with Crippen molar-refractivity contribution in [1.29, 1.82) is 0 Å². The van der Waals surface area contributed by atoms with Gasteiger partial charge in [0.1, 0.15) is 0 Å². The average molecular weight is 528 g/mol. The Morgan fingerprint density at radius 1 is 0.921 bits per heavy atom. The molecule has 0 aromatic heterocycles. The van der Waals surface area contributed by atoms with Crippen molar-refractivity contribution in [1.82, 2.24) is 4.31 Å². The molecule has 0 saturated heterocycles. The van der Waals surface area contributed by atoms with Crippen LogP contribution in [0.1, 0.15) is 47.1 Å². The van der Waals surface area contributed by atoms with Crippen LogP contribution < -0.4 is 10.2 Å². The van der Waals surface area contributed by atoms with Gasteiger partial charge in [-0.25, -0.2) is 8.42 Å². The smallest absolute Gasteiger partial charge is 0.258 e. The third-order valence-corrected chi connectivity index (χ3v) is 8.87. The van der Waals surface area contributed by atoms with Crippen LogP contribution in [0.15, 0.2) is 89.8 Å². The number of hydrogen-bond acceptors (Lipinski definition) is 4. The van der Waals surface area contributed by atoms with Crippen molar-refractivity contribution in [3.8, 4) is 0 Å². The lowest BCUT2D eigenvalue weighted by atomic mass is 10.0. The molecule has 0 aliphatic carbocycles. The summed E-state index contributed by atoms with van der Waals surface area (Å²) in [5, 5.41) is 4.54. The summed E-state index contributed by atoms with van der Waals surface area (Å²) in [4.78, 5) is 27.7. The number of rotatable bonds is 8. The number of nitrogens with zero attached hydrogens (tertiary/aromatic N) is 2. The van der Waals surface area contributed by atoms with Gasteiger partial charge < -0.3 is 10.2 Å². The van der Waals surface area contributed by atoms with E-state index >= 15 is 0 Å². The summed E-state index contributed by atoms with van der Waals surface area (Å²) in [6, 6.07) is 24.3. The molecule has 4 aromatic rings. The summed E-state index contributed by atoms with van der Waals surface area (Å²) in [5.74, 6) is -0.410. The van der Waals surface area contributed by atoms with E-state index in [1.165, 1.54) is 28.6 Å². The molecule has 0 radical (unpaired) electrons. The molecule has 4 aromatic carbocycles. The van der Waals surface area contributed by atoms with Crippen LogP contribution in [0.4, 0.5) is 11.4 Å². The predicted octanol–water partition coefficient (Wildman–Crippen LogP) is 5.67. The van der Waals surface area contributed by atoms with E-state index in [9.17, 15) is 18.0 Å². The molecule has 0 bridgehead atoms. The van der Waals surface area contributed by atoms with Gasteiger partial charge in [0.05, 0.1) is 10.6 Å². The third-order valence-electron chi connectivity index (χ3n) is 6.83. The lowest BCUT2D eigenvalue weighted by Gasteiger charge is -2.26. The number of nitrogens with one attached hydrogen (secondary N) is 1. The van der Waals surface area contributed by atoms with Gasteiger partial charge in [0, 0.05) is 46.7 Å². The van der Waals surface area contributed by atoms with Crippen LogP contribution in [-0.4, -0.2) is 37.1 Å². The molecule has 2 amide bonds. The van der Waals surface area contributed by atoms with E-state index in [1.807, 2.05) is 69.3 Å². The van der Waals surface area contributed by atoms with Crippen molar-refractivity contribution in [3.05, 3.63) is 102 Å². The van der Waals surface area contributed by atoms with Crippen molar-refractivity contribution in [2.45, 2.75) is 38.3 Å². The third kappa shape index (κ3) is 4.46. The Morgan fingerprint density at radius 2 is 1.63 bits per heavy atom. The van der Waals surface area contributed by atoms with Crippen molar-refractivity contribution in [2.75, 3.05) is 16.8 Å². The van der Waals surface area contributed by atoms with Gasteiger partial charge in [0.2, 0.25) is 10.0 Å². The van der Waals surface area contributed by atoms with Crippen LogP contribution >= 0.6 is 0 Å². The highest BCUT2D eigenvalue weighted by Crippen LogP contribution is 2.40. The van der Waals surface area contributed by atoms with E-state index in [1.54, 1.807) is 17.0 Å². The fraction of sp³-hybridized carbons (Fsp3) is 0.200. The number of hydrogen-bond donors (Lipinski definition) is 1. The van der Waals surface area contributed by atoms with Crippen LogP contribution in [-0.2, 0) is 16.6 Å². The van der Waals surface area contributed by atoms with Crippen molar-refractivity contribution >= 4 is 44.0 Å². The Kier molecular flexibility index (Phi) is 6.77. The lowest BCUT2D eigenvalue weighted by Crippen LogP contribution is -2.36. The van der Waals surface area contributed by atoms with E-state index in [0.717, 1.165) is 22.0 Å². The van der Waals surface area contributed by atoms with E-state index in [-0.39, 0.29) is 29.3 Å². The second kappa shape index (κ2) is 10.0. The Labute approximate surface area is 222 Å². The van der Waals surface area contributed by atoms with Gasteiger partial charge in [-0.05, 0) is 68.8 Å². The zero-order chi connectivity index (χ0) is 27.0. The number of amides is 2. The summed E-state index contributed by atoms with van der Waals surface area (Å²) in [5.41, 5.74) is 3.27. The molecule has 194 valence electrons. The maximum atomic E-state index is 13.4. The molecule has 1 N–H and O–H groups in total. The van der Waals surface area contributed by atoms with Crippen molar-refractivity contribution < 1.29 is 18.0 Å². The van der Waals surface area contributed by atoms with E-state index in [4.69, 9.17) is 0 Å². The van der Waals surface area contributed by atoms with Crippen molar-refractivity contribution in [2.24, 2.45) is 0 Å². The Hall–Kier alpha value is -4.01. The number of carbonyl (C=O) groups is 2. The van der Waals surface area contributed by atoms with E-state index < -0.39 is 10.0 Å². The molecular weight excluding hydrogens is 498 g/mol. The first kappa shape index (κ1) is 25.6. The first-order valence-electron chi connectivity index (χ1n) is 12.6. The second-order valence-electron chi connectivity index (χ2n) is 9.52. The number of benzene rings is 4. The zero-order valence-corrected chi connectivity index (χ0v) is 22.3. The minimum absolute atomic E-state index is 0.0453. The Bertz CT molecular complexity index is 1630. The molecule has 0 spiro atoms. The Morgan fingerprint density at radius 3 is 2.29 bits per heavy atom. The number of sulfonamides is 1. The Balaban J connectivity index is 1.39. The molecule has 1 aliphatic heterocycles. The minimum Gasteiger partial charge on any atom is -0.321 e. The molecule has 0 fully saturated rings. The van der Waals surface area contributed by atoms with Gasteiger partial charge in [-0.2, -0.15) is 4.31 Å². The maximum Gasteiger partial charge on any atom is 0.258 e.